The number of rotatable bonds is 8. The number of ether oxygens (including phenoxy) is 1. The number of aliphatic hydroxyl groups is 1. The van der Waals surface area contributed by atoms with Crippen LogP contribution in [-0.4, -0.2) is 56.5 Å². The van der Waals surface area contributed by atoms with Gasteiger partial charge in [-0.3, -0.25) is 4.68 Å². The molecule has 0 fully saturated rings. The summed E-state index contributed by atoms with van der Waals surface area (Å²) in [5.41, 5.74) is -0.407. The van der Waals surface area contributed by atoms with Crippen LogP contribution in [0.3, 0.4) is 0 Å². The summed E-state index contributed by atoms with van der Waals surface area (Å²) in [7, 11) is -2.08. The Hall–Kier alpha value is -4.63. The smallest absolute Gasteiger partial charge is 0.406 e. The number of benzene rings is 3. The van der Waals surface area contributed by atoms with Crippen LogP contribution in [-0.2, 0) is 22.8 Å². The third-order valence-electron chi connectivity index (χ3n) is 7.00. The maximum Gasteiger partial charge on any atom is 0.573 e. The highest BCUT2D eigenvalue weighted by Gasteiger charge is 2.49. The molecule has 0 saturated heterocycles. The normalized spacial score (nSPS) is 12.8. The fourth-order valence-corrected chi connectivity index (χ4v) is 5.30. The summed E-state index contributed by atoms with van der Waals surface area (Å²) in [6, 6.07) is 17.3. The highest BCUT2D eigenvalue weighted by molar-refractivity contribution is 7.90. The lowest BCUT2D eigenvalue weighted by molar-refractivity contribution is -0.274. The van der Waals surface area contributed by atoms with Crippen LogP contribution in [0.1, 0.15) is 19.5 Å². The van der Waals surface area contributed by atoms with Gasteiger partial charge in [0.2, 0.25) is 0 Å². The predicted molar refractivity (Wildman–Crippen MR) is 154 cm³/mol. The van der Waals surface area contributed by atoms with Crippen molar-refractivity contribution in [2.75, 3.05) is 6.26 Å². The summed E-state index contributed by atoms with van der Waals surface area (Å²) in [5.74, 6) is -4.15. The molecular weight excluding hydrogens is 621 g/mol. The predicted octanol–water partition coefficient (Wildman–Crippen LogP) is 6.17. The first kappa shape index (κ1) is 31.8. The van der Waals surface area contributed by atoms with E-state index in [9.17, 15) is 26.7 Å². The fourth-order valence-electron chi connectivity index (χ4n) is 4.63. The first-order valence-corrected chi connectivity index (χ1v) is 15.1. The topological polar surface area (TPSA) is 112 Å². The molecule has 0 amide bonds. The highest BCUT2D eigenvalue weighted by Crippen LogP contribution is 2.41. The Morgan fingerprint density at radius 2 is 1.49 bits per heavy atom. The Morgan fingerprint density at radius 1 is 0.844 bits per heavy atom. The first-order chi connectivity index (χ1) is 20.8. The number of halogens is 5. The van der Waals surface area contributed by atoms with Crippen LogP contribution >= 0.6 is 0 Å². The molecule has 0 atom stereocenters. The van der Waals surface area contributed by atoms with Gasteiger partial charge in [0.1, 0.15) is 17.0 Å². The highest BCUT2D eigenvalue weighted by atomic mass is 32.2. The van der Waals surface area contributed by atoms with Crippen molar-refractivity contribution in [2.45, 2.75) is 36.6 Å². The van der Waals surface area contributed by atoms with Gasteiger partial charge in [-0.2, -0.15) is 13.9 Å². The lowest BCUT2D eigenvalue weighted by Gasteiger charge is -2.27. The zero-order valence-corrected chi connectivity index (χ0v) is 25.0. The molecule has 0 unspecified atom stereocenters. The van der Waals surface area contributed by atoms with E-state index in [1.54, 1.807) is 30.3 Å². The van der Waals surface area contributed by atoms with E-state index in [1.807, 2.05) is 0 Å². The quantitative estimate of drug-likeness (QED) is 0.201. The third-order valence-corrected chi connectivity index (χ3v) is 8.11. The number of aryl methyl sites for hydroxylation is 1. The van der Waals surface area contributed by atoms with Crippen molar-refractivity contribution in [1.29, 1.82) is 0 Å². The lowest BCUT2D eigenvalue weighted by atomic mass is 9.96. The minimum absolute atomic E-state index is 0.0818. The summed E-state index contributed by atoms with van der Waals surface area (Å²) in [5, 5.41) is 22.3. The molecule has 5 aromatic rings. The molecule has 0 aliphatic rings. The van der Waals surface area contributed by atoms with Crippen LogP contribution in [0.2, 0.25) is 0 Å². The van der Waals surface area contributed by atoms with E-state index >= 15 is 8.78 Å². The molecule has 0 spiro atoms. The minimum Gasteiger partial charge on any atom is -0.406 e. The van der Waals surface area contributed by atoms with Gasteiger partial charge in [0.05, 0.1) is 28.2 Å². The first-order valence-electron chi connectivity index (χ1n) is 13.2. The van der Waals surface area contributed by atoms with Gasteiger partial charge < -0.3 is 9.84 Å². The van der Waals surface area contributed by atoms with Crippen molar-refractivity contribution >= 4 is 9.84 Å². The Kier molecular flexibility index (Phi) is 7.82. The van der Waals surface area contributed by atoms with Crippen molar-refractivity contribution in [2.24, 2.45) is 7.05 Å². The summed E-state index contributed by atoms with van der Waals surface area (Å²) < 4.78 is 99.3. The maximum absolute atomic E-state index is 15.1. The van der Waals surface area contributed by atoms with Gasteiger partial charge in [0.25, 0.3) is 0 Å². The van der Waals surface area contributed by atoms with E-state index < -0.39 is 39.2 Å². The van der Waals surface area contributed by atoms with Crippen LogP contribution in [0.25, 0.3) is 39.3 Å². The molecule has 9 nitrogen and oxygen atoms in total. The molecule has 2 aromatic heterocycles. The van der Waals surface area contributed by atoms with Crippen molar-refractivity contribution in [1.82, 2.24) is 24.8 Å². The van der Waals surface area contributed by atoms with E-state index in [-0.39, 0.29) is 10.6 Å². The number of sulfone groups is 1. The molecule has 0 saturated carbocycles. The average molecular weight is 648 g/mol. The SMILES string of the molecule is Cn1nc(C(F)(F)C(C)(C)O)cc1-c1ccc(-c2cccc(S(C)(=O)=O)c2)cc1-n1nncc1-c1ccc(OC(F)(F)F)cc1. The van der Waals surface area contributed by atoms with E-state index in [1.165, 1.54) is 46.9 Å². The lowest BCUT2D eigenvalue weighted by Crippen LogP contribution is -2.40. The largest absolute Gasteiger partial charge is 0.573 e. The molecule has 2 heterocycles. The Bertz CT molecular complexity index is 1980. The molecule has 15 heteroatoms. The fraction of sp³-hybridized carbons (Fsp3) is 0.233. The number of nitrogens with zero attached hydrogens (tertiary/aromatic N) is 5. The second kappa shape index (κ2) is 11.1. The molecule has 236 valence electrons. The zero-order valence-electron chi connectivity index (χ0n) is 24.2. The van der Waals surface area contributed by atoms with Crippen LogP contribution < -0.4 is 4.74 Å². The molecule has 3 aromatic carbocycles. The third kappa shape index (κ3) is 6.44. The van der Waals surface area contributed by atoms with E-state index in [4.69, 9.17) is 0 Å². The molecular formula is C30H26F5N5O4S. The van der Waals surface area contributed by atoms with Gasteiger partial charge in [-0.25, -0.2) is 13.1 Å². The van der Waals surface area contributed by atoms with Gasteiger partial charge in [0, 0.05) is 24.4 Å². The van der Waals surface area contributed by atoms with Crippen LogP contribution in [0.5, 0.6) is 5.75 Å². The standard InChI is InChI=1S/C30H26F5N5O4S/c1-28(2,41)29(31,32)27-16-24(39(3)37-27)23-13-10-20(19-6-5-7-22(14-19)45(4,42)43)15-25(23)40-26(17-36-38-40)18-8-11-21(12-9-18)44-30(33,34)35/h5-17,41H,1-4H3. The van der Waals surface area contributed by atoms with Crippen LogP contribution in [0.15, 0.2) is 83.9 Å². The Labute approximate surface area is 254 Å². The van der Waals surface area contributed by atoms with Gasteiger partial charge in [-0.1, -0.05) is 29.5 Å². The summed E-state index contributed by atoms with van der Waals surface area (Å²) in [4.78, 5) is 0.0818. The second-order valence-corrected chi connectivity index (χ2v) is 12.8. The van der Waals surface area contributed by atoms with Crippen LogP contribution in [0.4, 0.5) is 22.0 Å². The Morgan fingerprint density at radius 3 is 2.11 bits per heavy atom. The summed E-state index contributed by atoms with van der Waals surface area (Å²) >= 11 is 0. The minimum atomic E-state index is -4.88. The molecule has 45 heavy (non-hydrogen) atoms. The molecule has 0 aliphatic heterocycles. The number of aromatic nitrogens is 5. The van der Waals surface area contributed by atoms with Gasteiger partial charge in [-0.15, -0.1) is 18.3 Å². The van der Waals surface area contributed by atoms with E-state index in [0.717, 1.165) is 38.3 Å². The summed E-state index contributed by atoms with van der Waals surface area (Å²) in [6.45, 7) is 1.94. The second-order valence-electron chi connectivity index (χ2n) is 10.8. The number of hydrogen-bond donors (Lipinski definition) is 1. The van der Waals surface area contributed by atoms with E-state index in [2.05, 4.69) is 20.1 Å². The molecule has 0 aliphatic carbocycles. The average Bonchev–Trinajstić information content (AvgIpc) is 3.59. The van der Waals surface area contributed by atoms with Gasteiger partial charge in [-0.05, 0) is 73.5 Å². The van der Waals surface area contributed by atoms with Crippen molar-refractivity contribution < 1.29 is 40.2 Å². The molecule has 0 bridgehead atoms. The zero-order chi connectivity index (χ0) is 32.9. The number of alkyl halides is 5. The monoisotopic (exact) mass is 647 g/mol. The number of hydrogen-bond acceptors (Lipinski definition) is 7. The van der Waals surface area contributed by atoms with Crippen LogP contribution in [0, 0.1) is 0 Å². The molecule has 1 N–H and O–H groups in total. The van der Waals surface area contributed by atoms with E-state index in [0.29, 0.717) is 33.6 Å². The molecule has 5 rings (SSSR count). The summed E-state index contributed by atoms with van der Waals surface area (Å²) in [6.07, 6.45) is -2.42. The maximum atomic E-state index is 15.1. The van der Waals surface area contributed by atoms with Crippen molar-refractivity contribution in [3.05, 3.63) is 84.7 Å². The Balaban J connectivity index is 1.70. The molecule has 0 radical (unpaired) electrons. The van der Waals surface area contributed by atoms with Crippen molar-refractivity contribution in [3.63, 3.8) is 0 Å². The van der Waals surface area contributed by atoms with Crippen molar-refractivity contribution in [3.8, 4) is 45.1 Å². The van der Waals surface area contributed by atoms with Gasteiger partial charge >= 0.3 is 12.3 Å². The van der Waals surface area contributed by atoms with Gasteiger partial charge in [0.15, 0.2) is 9.84 Å².